The largest absolute Gasteiger partial charge is 0.378 e. The second-order valence-electron chi connectivity index (χ2n) is 5.57. The van der Waals surface area contributed by atoms with E-state index in [1.54, 1.807) is 7.11 Å². The predicted octanol–water partition coefficient (Wildman–Crippen LogP) is 3.58. The minimum atomic E-state index is 0.0318. The average Bonchev–Trinajstić information content (AvgIpc) is 3.16. The van der Waals surface area contributed by atoms with Crippen molar-refractivity contribution in [3.05, 3.63) is 51.5 Å². The van der Waals surface area contributed by atoms with E-state index in [9.17, 15) is 4.79 Å². The zero-order chi connectivity index (χ0) is 15.5. The van der Waals surface area contributed by atoms with Gasteiger partial charge in [0, 0.05) is 19.0 Å². The van der Waals surface area contributed by atoms with Crippen LogP contribution >= 0.6 is 11.3 Å². The molecule has 1 saturated heterocycles. The van der Waals surface area contributed by atoms with Crippen LogP contribution in [0.5, 0.6) is 0 Å². The number of aryl methyl sites for hydroxylation is 1. The number of ether oxygens (including phenoxy) is 1. The zero-order valence-electron chi connectivity index (χ0n) is 12.9. The van der Waals surface area contributed by atoms with Crippen LogP contribution in [0.4, 0.5) is 0 Å². The Morgan fingerprint density at radius 2 is 2.27 bits per heavy atom. The lowest BCUT2D eigenvalue weighted by molar-refractivity contribution is 0.0729. The maximum absolute atomic E-state index is 12.8. The van der Waals surface area contributed by atoms with Crippen molar-refractivity contribution in [2.45, 2.75) is 32.4 Å². The molecule has 0 bridgehead atoms. The molecule has 1 aromatic carbocycles. The van der Waals surface area contributed by atoms with Crippen molar-refractivity contribution < 1.29 is 9.53 Å². The van der Waals surface area contributed by atoms with Crippen LogP contribution in [0.1, 0.15) is 45.5 Å². The summed E-state index contributed by atoms with van der Waals surface area (Å²) >= 11 is 1.48. The van der Waals surface area contributed by atoms with Crippen molar-refractivity contribution in [3.8, 4) is 0 Å². The van der Waals surface area contributed by atoms with E-state index < -0.39 is 0 Å². The first-order chi connectivity index (χ1) is 10.7. The monoisotopic (exact) mass is 316 g/mol. The second-order valence-corrected chi connectivity index (χ2v) is 6.52. The van der Waals surface area contributed by atoms with E-state index in [0.29, 0.717) is 12.3 Å². The van der Waals surface area contributed by atoms with Gasteiger partial charge in [0.15, 0.2) is 0 Å². The fourth-order valence-electron chi connectivity index (χ4n) is 3.04. The van der Waals surface area contributed by atoms with Crippen LogP contribution in [0.15, 0.2) is 29.6 Å². The highest BCUT2D eigenvalue weighted by molar-refractivity contribution is 7.09. The van der Waals surface area contributed by atoms with E-state index in [4.69, 9.17) is 4.74 Å². The van der Waals surface area contributed by atoms with Crippen LogP contribution in [0.2, 0.25) is 0 Å². The van der Waals surface area contributed by atoms with Crippen molar-refractivity contribution in [1.29, 1.82) is 0 Å². The van der Waals surface area contributed by atoms with E-state index in [1.165, 1.54) is 22.5 Å². The molecule has 5 heteroatoms. The average molecular weight is 316 g/mol. The van der Waals surface area contributed by atoms with Crippen molar-refractivity contribution >= 4 is 17.2 Å². The summed E-state index contributed by atoms with van der Waals surface area (Å²) in [5.41, 5.74) is 3.03. The molecule has 1 aliphatic heterocycles. The summed E-state index contributed by atoms with van der Waals surface area (Å²) in [5.74, 6) is 0.0318. The van der Waals surface area contributed by atoms with Gasteiger partial charge in [-0.05, 0) is 30.9 Å². The molecule has 22 heavy (non-hydrogen) atoms. The van der Waals surface area contributed by atoms with Gasteiger partial charge in [-0.3, -0.25) is 4.79 Å². The van der Waals surface area contributed by atoms with Crippen molar-refractivity contribution in [2.75, 3.05) is 13.7 Å². The molecule has 1 fully saturated rings. The molecule has 0 saturated carbocycles. The van der Waals surface area contributed by atoms with Gasteiger partial charge < -0.3 is 9.64 Å². The third-order valence-electron chi connectivity index (χ3n) is 4.10. The molecule has 0 radical (unpaired) electrons. The van der Waals surface area contributed by atoms with Gasteiger partial charge in [-0.2, -0.15) is 0 Å². The molecule has 1 aromatic heterocycles. The minimum Gasteiger partial charge on any atom is -0.378 e. The summed E-state index contributed by atoms with van der Waals surface area (Å²) in [7, 11) is 1.64. The summed E-state index contributed by atoms with van der Waals surface area (Å²) in [6.07, 6.45) is 2.06. The van der Waals surface area contributed by atoms with Crippen LogP contribution in [-0.2, 0) is 11.3 Å². The summed E-state index contributed by atoms with van der Waals surface area (Å²) in [6.45, 7) is 3.37. The van der Waals surface area contributed by atoms with E-state index in [0.717, 1.165) is 24.4 Å². The van der Waals surface area contributed by atoms with Crippen LogP contribution in [0.25, 0.3) is 0 Å². The SMILES string of the molecule is COCc1nc(C(=O)N2CCC[C@H]2c2ccccc2C)cs1. The van der Waals surface area contributed by atoms with Gasteiger partial charge in [-0.1, -0.05) is 24.3 Å². The molecule has 0 aliphatic carbocycles. The van der Waals surface area contributed by atoms with Crippen molar-refractivity contribution in [3.63, 3.8) is 0 Å². The Bertz CT molecular complexity index is 668. The van der Waals surface area contributed by atoms with Crippen LogP contribution in [0.3, 0.4) is 0 Å². The quantitative estimate of drug-likeness (QED) is 0.866. The first kappa shape index (κ1) is 15.2. The Morgan fingerprint density at radius 3 is 3.05 bits per heavy atom. The van der Waals surface area contributed by atoms with Crippen LogP contribution in [-0.4, -0.2) is 29.4 Å². The lowest BCUT2D eigenvalue weighted by Crippen LogP contribution is -2.31. The molecule has 2 aromatic rings. The van der Waals surface area contributed by atoms with Gasteiger partial charge in [-0.25, -0.2) is 4.98 Å². The number of rotatable bonds is 4. The summed E-state index contributed by atoms with van der Waals surface area (Å²) in [6, 6.07) is 8.49. The van der Waals surface area contributed by atoms with Crippen molar-refractivity contribution in [1.82, 2.24) is 9.88 Å². The summed E-state index contributed by atoms with van der Waals surface area (Å²) < 4.78 is 5.08. The number of hydrogen-bond donors (Lipinski definition) is 0. The molecular formula is C17H20N2O2S. The fraction of sp³-hybridized carbons (Fsp3) is 0.412. The van der Waals surface area contributed by atoms with Crippen LogP contribution < -0.4 is 0 Å². The molecule has 1 aliphatic rings. The Morgan fingerprint density at radius 1 is 1.45 bits per heavy atom. The maximum Gasteiger partial charge on any atom is 0.273 e. The number of hydrogen-bond acceptors (Lipinski definition) is 4. The Labute approximate surface area is 134 Å². The molecule has 0 unspecified atom stereocenters. The molecule has 2 heterocycles. The predicted molar refractivity (Wildman–Crippen MR) is 87.0 cm³/mol. The molecule has 0 N–H and O–H groups in total. The van der Waals surface area contributed by atoms with Gasteiger partial charge in [0.05, 0.1) is 12.6 Å². The number of nitrogens with zero attached hydrogens (tertiary/aromatic N) is 2. The fourth-order valence-corrected chi connectivity index (χ4v) is 3.78. The Hall–Kier alpha value is -1.72. The minimum absolute atomic E-state index is 0.0318. The number of amides is 1. The standard InChI is InChI=1S/C17H20N2O2S/c1-12-6-3-4-7-13(12)15-8-5-9-19(15)17(20)14-11-22-16(18-14)10-21-2/h3-4,6-7,11,15H,5,8-10H2,1-2H3/t15-/m0/s1. The molecule has 1 amide bonds. The zero-order valence-corrected chi connectivity index (χ0v) is 13.7. The lowest BCUT2D eigenvalue weighted by atomic mass is 9.99. The number of methoxy groups -OCH3 is 1. The van der Waals surface area contributed by atoms with E-state index in [-0.39, 0.29) is 11.9 Å². The third kappa shape index (κ3) is 2.91. The highest BCUT2D eigenvalue weighted by Crippen LogP contribution is 2.34. The Kier molecular flexibility index (Phi) is 4.55. The molecule has 0 spiro atoms. The van der Waals surface area contributed by atoms with E-state index in [2.05, 4.69) is 24.0 Å². The summed E-state index contributed by atoms with van der Waals surface area (Å²) in [4.78, 5) is 19.2. The van der Waals surface area contributed by atoms with Gasteiger partial charge in [-0.15, -0.1) is 11.3 Å². The van der Waals surface area contributed by atoms with Crippen LogP contribution in [0, 0.1) is 6.92 Å². The van der Waals surface area contributed by atoms with E-state index in [1.807, 2.05) is 22.4 Å². The maximum atomic E-state index is 12.8. The van der Waals surface area contributed by atoms with Crippen molar-refractivity contribution in [2.24, 2.45) is 0 Å². The molecule has 1 atom stereocenters. The second kappa shape index (κ2) is 6.58. The van der Waals surface area contributed by atoms with Gasteiger partial charge in [0.2, 0.25) is 0 Å². The summed E-state index contributed by atoms with van der Waals surface area (Å²) in [5, 5.41) is 2.68. The number of thiazole rings is 1. The number of likely N-dealkylation sites (tertiary alicyclic amines) is 1. The number of carbonyl (C=O) groups excluding carboxylic acids is 1. The number of aromatic nitrogens is 1. The molecule has 3 rings (SSSR count). The highest BCUT2D eigenvalue weighted by atomic mass is 32.1. The number of benzene rings is 1. The lowest BCUT2D eigenvalue weighted by Gasteiger charge is -2.25. The number of carbonyl (C=O) groups is 1. The van der Waals surface area contributed by atoms with Gasteiger partial charge in [0.25, 0.3) is 5.91 Å². The van der Waals surface area contributed by atoms with Gasteiger partial charge >= 0.3 is 0 Å². The first-order valence-corrected chi connectivity index (χ1v) is 8.38. The first-order valence-electron chi connectivity index (χ1n) is 7.50. The Balaban J connectivity index is 1.83. The topological polar surface area (TPSA) is 42.4 Å². The highest BCUT2D eigenvalue weighted by Gasteiger charge is 2.32. The van der Waals surface area contributed by atoms with E-state index >= 15 is 0 Å². The normalized spacial score (nSPS) is 17.9. The molecule has 4 nitrogen and oxygen atoms in total. The van der Waals surface area contributed by atoms with Gasteiger partial charge in [0.1, 0.15) is 10.7 Å². The smallest absolute Gasteiger partial charge is 0.273 e. The molecule has 116 valence electrons. The molecular weight excluding hydrogens is 296 g/mol. The third-order valence-corrected chi connectivity index (χ3v) is 4.92.